The van der Waals surface area contributed by atoms with Crippen LogP contribution >= 0.6 is 0 Å². The van der Waals surface area contributed by atoms with Crippen LogP contribution in [-0.4, -0.2) is 59.4 Å². The van der Waals surface area contributed by atoms with E-state index in [2.05, 4.69) is 5.32 Å². The van der Waals surface area contributed by atoms with E-state index in [-0.39, 0.29) is 31.4 Å². The van der Waals surface area contributed by atoms with Gasteiger partial charge in [0, 0.05) is 32.1 Å². The molecule has 1 unspecified atom stereocenters. The summed E-state index contributed by atoms with van der Waals surface area (Å²) < 4.78 is 0. The number of carbonyl (C=O) groups is 4. The zero-order valence-corrected chi connectivity index (χ0v) is 14.9. The Labute approximate surface area is 151 Å². The topological polar surface area (TPSA) is 107 Å². The van der Waals surface area contributed by atoms with Crippen molar-refractivity contribution >= 4 is 29.4 Å². The monoisotopic (exact) mass is 361 g/mol. The molecule has 1 atom stereocenters. The normalized spacial score (nSPS) is 14.4. The van der Waals surface area contributed by atoms with Crippen LogP contribution in [0, 0.1) is 0 Å². The molecular formula is C18H23N3O5. The molecule has 1 aliphatic heterocycles. The third kappa shape index (κ3) is 4.59. The van der Waals surface area contributed by atoms with Crippen LogP contribution in [0.5, 0.6) is 0 Å². The molecule has 1 heterocycles. The number of fused-ring (bicyclic) bond motifs is 1. The number of hydrogen-bond acceptors (Lipinski definition) is 4. The number of nitrogens with one attached hydrogen (secondary N) is 1. The fourth-order valence-corrected chi connectivity index (χ4v) is 2.92. The number of carboxylic acid groups (broad SMARTS) is 1. The van der Waals surface area contributed by atoms with Crippen molar-refractivity contribution in [1.29, 1.82) is 0 Å². The standard InChI is InChI=1S/C18H23N3O5/c1-12(18(25)26)20(10-9-19-13(2)22)17(24)11-21-15-6-4-3-5-14(15)7-8-16(21)23/h3-6,12H,7-11H2,1-2H3,(H,19,22)(H,25,26). The van der Waals surface area contributed by atoms with Crippen LogP contribution in [0.25, 0.3) is 0 Å². The average molecular weight is 361 g/mol. The fraction of sp³-hybridized carbons (Fsp3) is 0.444. The van der Waals surface area contributed by atoms with Crippen LogP contribution in [0.4, 0.5) is 5.69 Å². The van der Waals surface area contributed by atoms with Gasteiger partial charge in [-0.1, -0.05) is 18.2 Å². The van der Waals surface area contributed by atoms with Gasteiger partial charge < -0.3 is 20.2 Å². The van der Waals surface area contributed by atoms with E-state index in [1.54, 1.807) is 12.1 Å². The number of rotatable bonds is 7. The maximum absolute atomic E-state index is 12.7. The summed E-state index contributed by atoms with van der Waals surface area (Å²) in [5, 5.41) is 11.8. The second-order valence-electron chi connectivity index (χ2n) is 6.19. The summed E-state index contributed by atoms with van der Waals surface area (Å²) in [6.45, 7) is 2.71. The number of para-hydroxylation sites is 1. The molecule has 1 aliphatic rings. The highest BCUT2D eigenvalue weighted by atomic mass is 16.4. The lowest BCUT2D eigenvalue weighted by molar-refractivity contribution is -0.149. The van der Waals surface area contributed by atoms with E-state index in [1.165, 1.54) is 23.6 Å². The first-order valence-corrected chi connectivity index (χ1v) is 8.46. The summed E-state index contributed by atoms with van der Waals surface area (Å²) in [7, 11) is 0. The lowest BCUT2D eigenvalue weighted by Gasteiger charge is -2.32. The van der Waals surface area contributed by atoms with E-state index >= 15 is 0 Å². The molecule has 140 valence electrons. The Balaban J connectivity index is 2.16. The maximum atomic E-state index is 12.7. The average Bonchev–Trinajstić information content (AvgIpc) is 2.60. The minimum atomic E-state index is -1.15. The van der Waals surface area contributed by atoms with Crippen molar-refractivity contribution in [2.24, 2.45) is 0 Å². The van der Waals surface area contributed by atoms with Gasteiger partial charge in [-0.15, -0.1) is 0 Å². The number of amides is 3. The lowest BCUT2D eigenvalue weighted by atomic mass is 10.0. The highest BCUT2D eigenvalue weighted by Gasteiger charge is 2.30. The van der Waals surface area contributed by atoms with Gasteiger partial charge in [0.15, 0.2) is 0 Å². The molecule has 0 bridgehead atoms. The lowest BCUT2D eigenvalue weighted by Crippen LogP contribution is -2.51. The molecule has 0 saturated heterocycles. The highest BCUT2D eigenvalue weighted by molar-refractivity contribution is 6.01. The Bertz CT molecular complexity index is 719. The number of aliphatic carboxylic acids is 1. The quantitative estimate of drug-likeness (QED) is 0.731. The molecule has 0 spiro atoms. The third-order valence-electron chi connectivity index (χ3n) is 4.36. The number of hydrogen-bond donors (Lipinski definition) is 2. The van der Waals surface area contributed by atoms with Crippen LogP contribution in [0.3, 0.4) is 0 Å². The SMILES string of the molecule is CC(=O)NCCN(C(=O)CN1C(=O)CCc2ccccc21)C(C)C(=O)O. The number of carboxylic acids is 1. The number of carbonyl (C=O) groups excluding carboxylic acids is 3. The summed E-state index contributed by atoms with van der Waals surface area (Å²) in [6, 6.07) is 6.30. The highest BCUT2D eigenvalue weighted by Crippen LogP contribution is 2.27. The van der Waals surface area contributed by atoms with Crippen LogP contribution in [0.1, 0.15) is 25.8 Å². The smallest absolute Gasteiger partial charge is 0.326 e. The largest absolute Gasteiger partial charge is 0.480 e. The summed E-state index contributed by atoms with van der Waals surface area (Å²) in [4.78, 5) is 50.0. The molecule has 0 fully saturated rings. The molecule has 2 rings (SSSR count). The molecule has 8 nitrogen and oxygen atoms in total. The fourth-order valence-electron chi connectivity index (χ4n) is 2.92. The summed E-state index contributed by atoms with van der Waals surface area (Å²) in [5.74, 6) is -2.05. The second kappa shape index (κ2) is 8.46. The second-order valence-corrected chi connectivity index (χ2v) is 6.19. The molecule has 2 N–H and O–H groups in total. The predicted molar refractivity (Wildman–Crippen MR) is 94.6 cm³/mol. The number of anilines is 1. The van der Waals surface area contributed by atoms with Gasteiger partial charge in [0.05, 0.1) is 0 Å². The van der Waals surface area contributed by atoms with Gasteiger partial charge in [0.2, 0.25) is 17.7 Å². The first-order valence-electron chi connectivity index (χ1n) is 8.46. The van der Waals surface area contributed by atoms with Gasteiger partial charge >= 0.3 is 5.97 Å². The predicted octanol–water partition coefficient (Wildman–Crippen LogP) is 0.404. The molecule has 0 saturated carbocycles. The first-order chi connectivity index (χ1) is 12.3. The van der Waals surface area contributed by atoms with Crippen molar-refractivity contribution in [3.8, 4) is 0 Å². The Morgan fingerprint density at radius 3 is 2.62 bits per heavy atom. The van der Waals surface area contributed by atoms with E-state index in [0.29, 0.717) is 18.5 Å². The van der Waals surface area contributed by atoms with Crippen molar-refractivity contribution < 1.29 is 24.3 Å². The Kier molecular flexibility index (Phi) is 6.32. The Hall–Kier alpha value is -2.90. The number of benzene rings is 1. The maximum Gasteiger partial charge on any atom is 0.326 e. The van der Waals surface area contributed by atoms with E-state index in [9.17, 15) is 24.3 Å². The van der Waals surface area contributed by atoms with Gasteiger partial charge in [-0.05, 0) is 25.0 Å². The van der Waals surface area contributed by atoms with Crippen LogP contribution in [0.15, 0.2) is 24.3 Å². The summed E-state index contributed by atoms with van der Waals surface area (Å²) >= 11 is 0. The Morgan fingerprint density at radius 1 is 1.27 bits per heavy atom. The number of nitrogens with zero attached hydrogens (tertiary/aromatic N) is 2. The third-order valence-corrected chi connectivity index (χ3v) is 4.36. The molecule has 0 aliphatic carbocycles. The molecule has 1 aromatic rings. The van der Waals surface area contributed by atoms with Crippen molar-refractivity contribution in [3.05, 3.63) is 29.8 Å². The van der Waals surface area contributed by atoms with Crippen molar-refractivity contribution in [3.63, 3.8) is 0 Å². The molecule has 0 radical (unpaired) electrons. The van der Waals surface area contributed by atoms with E-state index in [4.69, 9.17) is 0 Å². The minimum absolute atomic E-state index is 0.0511. The van der Waals surface area contributed by atoms with Crippen molar-refractivity contribution in [1.82, 2.24) is 10.2 Å². The van der Waals surface area contributed by atoms with Crippen LogP contribution in [-0.2, 0) is 25.6 Å². The summed E-state index contributed by atoms with van der Waals surface area (Å²) in [5.41, 5.74) is 1.66. The molecule has 8 heteroatoms. The van der Waals surface area contributed by atoms with Crippen LogP contribution in [0.2, 0.25) is 0 Å². The van der Waals surface area contributed by atoms with Gasteiger partial charge in [0.1, 0.15) is 12.6 Å². The van der Waals surface area contributed by atoms with Gasteiger partial charge in [-0.3, -0.25) is 14.4 Å². The van der Waals surface area contributed by atoms with Gasteiger partial charge in [-0.2, -0.15) is 0 Å². The first kappa shape index (κ1) is 19.4. The van der Waals surface area contributed by atoms with Crippen LogP contribution < -0.4 is 10.2 Å². The van der Waals surface area contributed by atoms with E-state index < -0.39 is 17.9 Å². The minimum Gasteiger partial charge on any atom is -0.480 e. The molecule has 3 amide bonds. The van der Waals surface area contributed by atoms with Gasteiger partial charge in [0.25, 0.3) is 0 Å². The van der Waals surface area contributed by atoms with E-state index in [0.717, 1.165) is 5.56 Å². The molecule has 1 aromatic carbocycles. The van der Waals surface area contributed by atoms with Gasteiger partial charge in [-0.25, -0.2) is 4.79 Å². The summed E-state index contributed by atoms with van der Waals surface area (Å²) in [6.07, 6.45) is 0.933. The molecule has 0 aromatic heterocycles. The van der Waals surface area contributed by atoms with Crippen molar-refractivity contribution in [2.75, 3.05) is 24.5 Å². The zero-order chi connectivity index (χ0) is 19.3. The zero-order valence-electron chi connectivity index (χ0n) is 14.9. The molecule has 26 heavy (non-hydrogen) atoms. The van der Waals surface area contributed by atoms with E-state index in [1.807, 2.05) is 12.1 Å². The molecular weight excluding hydrogens is 338 g/mol. The number of aryl methyl sites for hydroxylation is 1. The Morgan fingerprint density at radius 2 is 1.96 bits per heavy atom. The van der Waals surface area contributed by atoms with Crippen molar-refractivity contribution in [2.45, 2.75) is 32.7 Å².